The Kier molecular flexibility index (Phi) is 10.5. The van der Waals surface area contributed by atoms with Crippen molar-refractivity contribution in [1.82, 2.24) is 0 Å². The minimum Gasteiger partial charge on any atom is -0.368 e. The van der Waals surface area contributed by atoms with Gasteiger partial charge in [0.2, 0.25) is 0 Å². The first-order valence-corrected chi connectivity index (χ1v) is 15.4. The van der Waals surface area contributed by atoms with Crippen LogP contribution in [-0.4, -0.2) is 49.6 Å². The zero-order valence-corrected chi connectivity index (χ0v) is 25.4. The van der Waals surface area contributed by atoms with E-state index in [1.807, 2.05) is 128 Å². The molecule has 2 aliphatic heterocycles. The molecule has 232 valence electrons. The van der Waals surface area contributed by atoms with Crippen molar-refractivity contribution >= 4 is 11.5 Å². The number of anilines is 1. The Morgan fingerprint density at radius 3 is 1.62 bits per heavy atom. The summed E-state index contributed by atoms with van der Waals surface area (Å²) in [5, 5.41) is 0. The van der Waals surface area contributed by atoms with Crippen LogP contribution in [0.1, 0.15) is 23.1 Å². The number of para-hydroxylation sites is 1. The van der Waals surface area contributed by atoms with Crippen LogP contribution >= 0.6 is 0 Å². The molecule has 0 aromatic heterocycles. The Hall–Kier alpha value is -4.11. The minimum atomic E-state index is -0.769. The summed E-state index contributed by atoms with van der Waals surface area (Å²) in [4.78, 5) is 15.0. The molecule has 1 fully saturated rings. The maximum absolute atomic E-state index is 12.9. The molecule has 1 unspecified atom stereocenters. The molecule has 0 saturated carbocycles. The van der Waals surface area contributed by atoms with E-state index < -0.39 is 30.7 Å². The molecule has 0 N–H and O–H groups in total. The van der Waals surface area contributed by atoms with Crippen LogP contribution in [0.5, 0.6) is 0 Å². The number of allylic oxidation sites excluding steroid dienone is 1. The smallest absolute Gasteiger partial charge is 0.186 e. The quantitative estimate of drug-likeness (QED) is 0.183. The van der Waals surface area contributed by atoms with Crippen molar-refractivity contribution in [3.05, 3.63) is 150 Å². The van der Waals surface area contributed by atoms with Crippen LogP contribution in [0, 0.1) is 0 Å². The van der Waals surface area contributed by atoms with Crippen molar-refractivity contribution in [2.45, 2.75) is 63.0 Å². The van der Waals surface area contributed by atoms with Gasteiger partial charge in [-0.25, -0.2) is 0 Å². The van der Waals surface area contributed by atoms with Gasteiger partial charge in [0.25, 0.3) is 0 Å². The van der Waals surface area contributed by atoms with Gasteiger partial charge in [-0.2, -0.15) is 0 Å². The highest BCUT2D eigenvalue weighted by Gasteiger charge is 2.52. The number of hydrogen-bond donors (Lipinski definition) is 0. The number of hydrogen-bond acceptors (Lipinski definition) is 7. The van der Waals surface area contributed by atoms with E-state index in [1.54, 1.807) is 13.2 Å². The fourth-order valence-corrected chi connectivity index (χ4v) is 5.99. The molecule has 0 radical (unpaired) electrons. The molecule has 0 spiro atoms. The molecule has 7 nitrogen and oxygen atoms in total. The molecular weight excluding hydrogens is 566 g/mol. The summed E-state index contributed by atoms with van der Waals surface area (Å²) in [5.41, 5.74) is 4.03. The summed E-state index contributed by atoms with van der Waals surface area (Å²) in [6, 6.07) is 39.7. The molecule has 6 atom stereocenters. The first-order chi connectivity index (χ1) is 22.2. The first kappa shape index (κ1) is 30.9. The number of ketones is 1. The van der Waals surface area contributed by atoms with Crippen LogP contribution in [0.15, 0.2) is 134 Å². The van der Waals surface area contributed by atoms with E-state index >= 15 is 0 Å². The van der Waals surface area contributed by atoms with Crippen LogP contribution in [0.4, 0.5) is 5.69 Å². The van der Waals surface area contributed by atoms with Gasteiger partial charge in [-0.05, 0) is 34.9 Å². The molecule has 0 aliphatic carbocycles. The first-order valence-electron chi connectivity index (χ1n) is 15.4. The van der Waals surface area contributed by atoms with E-state index in [1.165, 1.54) is 0 Å². The predicted molar refractivity (Wildman–Crippen MR) is 172 cm³/mol. The Morgan fingerprint density at radius 2 is 1.11 bits per heavy atom. The third-order valence-corrected chi connectivity index (χ3v) is 8.24. The van der Waals surface area contributed by atoms with Crippen LogP contribution in [0.2, 0.25) is 0 Å². The van der Waals surface area contributed by atoms with Crippen molar-refractivity contribution in [2.75, 3.05) is 12.0 Å². The van der Waals surface area contributed by atoms with Crippen LogP contribution < -0.4 is 4.90 Å². The average Bonchev–Trinajstić information content (AvgIpc) is 3.10. The highest BCUT2D eigenvalue weighted by Crippen LogP contribution is 2.36. The molecule has 0 amide bonds. The van der Waals surface area contributed by atoms with Gasteiger partial charge in [0.15, 0.2) is 12.1 Å². The van der Waals surface area contributed by atoms with Gasteiger partial charge in [-0.3, -0.25) is 4.79 Å². The Balaban J connectivity index is 1.37. The van der Waals surface area contributed by atoms with E-state index in [9.17, 15) is 4.79 Å². The van der Waals surface area contributed by atoms with Crippen molar-refractivity contribution in [1.29, 1.82) is 0 Å². The summed E-state index contributed by atoms with van der Waals surface area (Å²) < 4.78 is 32.9. The van der Waals surface area contributed by atoms with Gasteiger partial charge >= 0.3 is 0 Å². The number of benzene rings is 4. The Labute approximate surface area is 264 Å². The molecule has 1 saturated heterocycles. The fraction of sp³-hybridized carbons (Fsp3) is 0.289. The topological polar surface area (TPSA) is 66.5 Å². The largest absolute Gasteiger partial charge is 0.368 e. The average molecular weight is 606 g/mol. The summed E-state index contributed by atoms with van der Waals surface area (Å²) in [6.07, 6.45) is 0.545. The molecular formula is C38H39NO6. The molecule has 4 aromatic carbocycles. The van der Waals surface area contributed by atoms with Gasteiger partial charge in [0, 0.05) is 25.4 Å². The molecule has 45 heavy (non-hydrogen) atoms. The lowest BCUT2D eigenvalue weighted by Crippen LogP contribution is -2.65. The summed E-state index contributed by atoms with van der Waals surface area (Å²) >= 11 is 0. The monoisotopic (exact) mass is 605 g/mol. The van der Waals surface area contributed by atoms with E-state index in [2.05, 4.69) is 4.90 Å². The van der Waals surface area contributed by atoms with E-state index in [0.717, 1.165) is 22.4 Å². The maximum Gasteiger partial charge on any atom is 0.186 e. The standard InChI is InChI=1S/C38H39NO6/c1-41-38-37(44-27-30-18-10-4-11-19-30)36(43-26-29-16-8-3-9-17-29)35(42-25-28-14-6-2-7-15-28)34(45-38)33-24-32(40)22-23-39(33)31-20-12-5-13-21-31/h2-23,33-38H,24-27H2,1H3/t33?,34-,35-,36+,37+,38+/m1/s1. The second-order valence-electron chi connectivity index (χ2n) is 11.3. The van der Waals surface area contributed by atoms with Gasteiger partial charge < -0.3 is 28.6 Å². The highest BCUT2D eigenvalue weighted by molar-refractivity contribution is 5.92. The second kappa shape index (κ2) is 15.3. The lowest BCUT2D eigenvalue weighted by molar-refractivity contribution is -0.320. The second-order valence-corrected chi connectivity index (χ2v) is 11.3. The summed E-state index contributed by atoms with van der Waals surface area (Å²) in [6.45, 7) is 1.02. The van der Waals surface area contributed by atoms with Gasteiger partial charge in [0.05, 0.1) is 25.9 Å². The van der Waals surface area contributed by atoms with Crippen molar-refractivity contribution < 1.29 is 28.5 Å². The zero-order chi connectivity index (χ0) is 30.8. The SMILES string of the molecule is CO[C@H]1O[C@H](C2CC(=O)C=CN2c2ccccc2)[C@@H](OCc2ccccc2)[C@H](OCc2ccccc2)[C@@H]1OCc1ccccc1. The lowest BCUT2D eigenvalue weighted by Gasteiger charge is -2.50. The summed E-state index contributed by atoms with van der Waals surface area (Å²) in [7, 11) is 1.61. The molecule has 2 aliphatic rings. The molecule has 2 heterocycles. The van der Waals surface area contributed by atoms with Crippen molar-refractivity contribution in [3.8, 4) is 0 Å². The number of rotatable bonds is 12. The molecule has 0 bridgehead atoms. The van der Waals surface area contributed by atoms with Gasteiger partial charge in [0.1, 0.15) is 24.4 Å². The molecule has 4 aromatic rings. The predicted octanol–water partition coefficient (Wildman–Crippen LogP) is 6.48. The normalized spacial score (nSPS) is 24.9. The molecule has 7 heteroatoms. The third-order valence-electron chi connectivity index (χ3n) is 8.24. The van der Waals surface area contributed by atoms with E-state index in [0.29, 0.717) is 19.8 Å². The number of nitrogens with zero attached hydrogens (tertiary/aromatic N) is 1. The zero-order valence-electron chi connectivity index (χ0n) is 25.4. The number of carbonyl (C=O) groups excluding carboxylic acids is 1. The lowest BCUT2D eigenvalue weighted by atomic mass is 9.88. The Bertz CT molecular complexity index is 1500. The van der Waals surface area contributed by atoms with Crippen molar-refractivity contribution in [2.24, 2.45) is 0 Å². The van der Waals surface area contributed by atoms with Gasteiger partial charge in [-0.1, -0.05) is 109 Å². The molecule has 6 rings (SSSR count). The summed E-state index contributed by atoms with van der Waals surface area (Å²) in [5.74, 6) is 0.0239. The fourth-order valence-electron chi connectivity index (χ4n) is 5.99. The third kappa shape index (κ3) is 7.76. The maximum atomic E-state index is 12.9. The number of carbonyl (C=O) groups is 1. The van der Waals surface area contributed by atoms with Crippen molar-refractivity contribution in [3.63, 3.8) is 0 Å². The number of methoxy groups -OCH3 is 1. The van der Waals surface area contributed by atoms with E-state index in [4.69, 9.17) is 23.7 Å². The Morgan fingerprint density at radius 1 is 0.644 bits per heavy atom. The van der Waals surface area contributed by atoms with Crippen LogP contribution in [0.3, 0.4) is 0 Å². The van der Waals surface area contributed by atoms with Crippen LogP contribution in [-0.2, 0) is 48.3 Å². The van der Waals surface area contributed by atoms with Crippen LogP contribution in [0.25, 0.3) is 0 Å². The van der Waals surface area contributed by atoms with E-state index in [-0.39, 0.29) is 18.2 Å². The minimum absolute atomic E-state index is 0.0239. The highest BCUT2D eigenvalue weighted by atomic mass is 16.7. The van der Waals surface area contributed by atoms with Gasteiger partial charge in [-0.15, -0.1) is 0 Å². The number of ether oxygens (including phenoxy) is 5.